The fraction of sp³-hybridized carbons (Fsp3) is 0.231. The quantitative estimate of drug-likeness (QED) is 0.899. The summed E-state index contributed by atoms with van der Waals surface area (Å²) in [7, 11) is 1.53. The highest BCUT2D eigenvalue weighted by molar-refractivity contribution is 5.96. The Morgan fingerprint density at radius 2 is 2.17 bits per heavy atom. The van der Waals surface area contributed by atoms with Crippen molar-refractivity contribution in [2.24, 2.45) is 0 Å². The Balaban J connectivity index is 2.64. The van der Waals surface area contributed by atoms with Crippen molar-refractivity contribution in [1.29, 1.82) is 0 Å². The molecule has 0 fully saturated rings. The summed E-state index contributed by atoms with van der Waals surface area (Å²) < 4.78 is 10.3. The number of methoxy groups -OCH3 is 1. The zero-order chi connectivity index (χ0) is 13.1. The maximum absolute atomic E-state index is 11.3. The predicted molar refractivity (Wildman–Crippen MR) is 64.8 cm³/mol. The summed E-state index contributed by atoms with van der Waals surface area (Å²) >= 11 is 0. The van der Waals surface area contributed by atoms with Crippen LogP contribution in [0.1, 0.15) is 23.0 Å². The topological polar surface area (TPSA) is 72.6 Å². The van der Waals surface area contributed by atoms with E-state index in [1.54, 1.807) is 18.2 Å². The number of carbonyl (C=O) groups is 1. The average molecular weight is 247 g/mol. The van der Waals surface area contributed by atoms with Gasteiger partial charge in [-0.3, -0.25) is 0 Å². The van der Waals surface area contributed by atoms with E-state index < -0.39 is 5.97 Å². The van der Waals surface area contributed by atoms with E-state index >= 15 is 0 Å². The first-order valence-electron chi connectivity index (χ1n) is 5.54. The minimum atomic E-state index is -1.05. The van der Waals surface area contributed by atoms with E-state index in [0.717, 1.165) is 0 Å². The molecule has 5 heteroatoms. The number of aromatic nitrogens is 1. The SMILES string of the molecule is CCc1onc(-c2ccccc2OC)c1C(=O)O. The average Bonchev–Trinajstić information content (AvgIpc) is 2.82. The van der Waals surface area contributed by atoms with Gasteiger partial charge in [0.05, 0.1) is 7.11 Å². The molecule has 0 aliphatic rings. The number of carboxylic acids is 1. The van der Waals surface area contributed by atoms with Gasteiger partial charge in [0, 0.05) is 12.0 Å². The smallest absolute Gasteiger partial charge is 0.341 e. The molecule has 1 aromatic heterocycles. The van der Waals surface area contributed by atoms with Gasteiger partial charge < -0.3 is 14.4 Å². The van der Waals surface area contributed by atoms with Crippen molar-refractivity contribution in [3.63, 3.8) is 0 Å². The predicted octanol–water partition coefficient (Wildman–Crippen LogP) is 2.61. The molecule has 2 rings (SSSR count). The number of carboxylic acid groups (broad SMARTS) is 1. The Kier molecular flexibility index (Phi) is 3.32. The van der Waals surface area contributed by atoms with E-state index in [0.29, 0.717) is 29.2 Å². The Labute approximate surface area is 104 Å². The van der Waals surface area contributed by atoms with Gasteiger partial charge in [-0.25, -0.2) is 4.79 Å². The third kappa shape index (κ3) is 1.95. The Hall–Kier alpha value is -2.30. The van der Waals surface area contributed by atoms with Gasteiger partial charge in [-0.05, 0) is 12.1 Å². The zero-order valence-corrected chi connectivity index (χ0v) is 10.1. The zero-order valence-electron chi connectivity index (χ0n) is 10.1. The van der Waals surface area contributed by atoms with E-state index in [9.17, 15) is 9.90 Å². The summed E-state index contributed by atoms with van der Waals surface area (Å²) in [6.07, 6.45) is 0.476. The van der Waals surface area contributed by atoms with Crippen LogP contribution in [0.5, 0.6) is 5.75 Å². The number of hydrogen-bond acceptors (Lipinski definition) is 4. The molecule has 0 amide bonds. The van der Waals surface area contributed by atoms with E-state index in [1.165, 1.54) is 7.11 Å². The molecule has 2 aromatic rings. The second-order valence-corrected chi connectivity index (χ2v) is 3.69. The first-order valence-corrected chi connectivity index (χ1v) is 5.54. The molecule has 0 atom stereocenters. The van der Waals surface area contributed by atoms with Crippen LogP contribution in [-0.4, -0.2) is 23.3 Å². The van der Waals surface area contributed by atoms with Gasteiger partial charge >= 0.3 is 5.97 Å². The van der Waals surface area contributed by atoms with Crippen LogP contribution >= 0.6 is 0 Å². The van der Waals surface area contributed by atoms with Gasteiger partial charge in [0.1, 0.15) is 17.0 Å². The molecule has 1 aromatic carbocycles. The van der Waals surface area contributed by atoms with Crippen molar-refractivity contribution >= 4 is 5.97 Å². The first-order chi connectivity index (χ1) is 8.69. The molecule has 0 saturated carbocycles. The Morgan fingerprint density at radius 1 is 1.44 bits per heavy atom. The normalized spacial score (nSPS) is 10.3. The van der Waals surface area contributed by atoms with E-state index in [-0.39, 0.29) is 5.56 Å². The minimum Gasteiger partial charge on any atom is -0.496 e. The lowest BCUT2D eigenvalue weighted by molar-refractivity contribution is 0.0695. The molecular formula is C13H13NO4. The number of nitrogens with zero attached hydrogens (tertiary/aromatic N) is 1. The number of para-hydroxylation sites is 1. The second kappa shape index (κ2) is 4.91. The van der Waals surface area contributed by atoms with Crippen molar-refractivity contribution in [1.82, 2.24) is 5.16 Å². The molecule has 0 bridgehead atoms. The number of rotatable bonds is 4. The monoisotopic (exact) mass is 247 g/mol. The lowest BCUT2D eigenvalue weighted by Gasteiger charge is -2.05. The van der Waals surface area contributed by atoms with Crippen LogP contribution in [-0.2, 0) is 6.42 Å². The largest absolute Gasteiger partial charge is 0.496 e. The molecule has 0 radical (unpaired) electrons. The molecule has 0 spiro atoms. The molecular weight excluding hydrogens is 234 g/mol. The summed E-state index contributed by atoms with van der Waals surface area (Å²) in [5.74, 6) is -0.117. The summed E-state index contributed by atoms with van der Waals surface area (Å²) in [6.45, 7) is 1.82. The molecule has 18 heavy (non-hydrogen) atoms. The molecule has 0 aliphatic carbocycles. The van der Waals surface area contributed by atoms with Gasteiger partial charge in [0.15, 0.2) is 5.76 Å². The van der Waals surface area contributed by atoms with Gasteiger partial charge in [0.25, 0.3) is 0 Å². The third-order valence-electron chi connectivity index (χ3n) is 2.66. The van der Waals surface area contributed by atoms with Crippen LogP contribution in [0, 0.1) is 0 Å². The van der Waals surface area contributed by atoms with Crippen molar-refractivity contribution in [2.45, 2.75) is 13.3 Å². The van der Waals surface area contributed by atoms with Crippen LogP contribution in [0.25, 0.3) is 11.3 Å². The number of benzene rings is 1. The molecule has 94 valence electrons. The van der Waals surface area contributed by atoms with Crippen molar-refractivity contribution in [2.75, 3.05) is 7.11 Å². The maximum Gasteiger partial charge on any atom is 0.341 e. The fourth-order valence-corrected chi connectivity index (χ4v) is 1.81. The lowest BCUT2D eigenvalue weighted by Crippen LogP contribution is -2.01. The Bertz CT molecular complexity index is 574. The highest BCUT2D eigenvalue weighted by Gasteiger charge is 2.24. The van der Waals surface area contributed by atoms with Gasteiger partial charge in [-0.2, -0.15) is 0 Å². The van der Waals surface area contributed by atoms with E-state index in [1.807, 2.05) is 13.0 Å². The van der Waals surface area contributed by atoms with Gasteiger partial charge in [0.2, 0.25) is 0 Å². The van der Waals surface area contributed by atoms with Crippen LogP contribution in [0.15, 0.2) is 28.8 Å². The second-order valence-electron chi connectivity index (χ2n) is 3.69. The summed E-state index contributed by atoms with van der Waals surface area (Å²) in [4.78, 5) is 11.3. The van der Waals surface area contributed by atoms with E-state index in [2.05, 4.69) is 5.16 Å². The summed E-state index contributed by atoms with van der Waals surface area (Å²) in [5, 5.41) is 13.1. The minimum absolute atomic E-state index is 0.0991. The molecule has 5 nitrogen and oxygen atoms in total. The Morgan fingerprint density at radius 3 is 2.78 bits per heavy atom. The highest BCUT2D eigenvalue weighted by atomic mass is 16.5. The van der Waals surface area contributed by atoms with Crippen molar-refractivity contribution < 1.29 is 19.2 Å². The number of aromatic carboxylic acids is 1. The van der Waals surface area contributed by atoms with Crippen molar-refractivity contribution in [3.05, 3.63) is 35.6 Å². The van der Waals surface area contributed by atoms with Crippen LogP contribution in [0.3, 0.4) is 0 Å². The number of aryl methyl sites for hydroxylation is 1. The maximum atomic E-state index is 11.3. The van der Waals surface area contributed by atoms with Crippen LogP contribution in [0.4, 0.5) is 0 Å². The third-order valence-corrected chi connectivity index (χ3v) is 2.66. The van der Waals surface area contributed by atoms with Gasteiger partial charge in [-0.1, -0.05) is 24.2 Å². The molecule has 1 N–H and O–H groups in total. The molecule has 0 aliphatic heterocycles. The van der Waals surface area contributed by atoms with E-state index in [4.69, 9.17) is 9.26 Å². The molecule has 0 unspecified atom stereocenters. The lowest BCUT2D eigenvalue weighted by atomic mass is 10.0. The van der Waals surface area contributed by atoms with Crippen molar-refractivity contribution in [3.8, 4) is 17.0 Å². The number of ether oxygens (including phenoxy) is 1. The highest BCUT2D eigenvalue weighted by Crippen LogP contribution is 2.32. The molecule has 1 heterocycles. The van der Waals surface area contributed by atoms with Crippen LogP contribution in [0.2, 0.25) is 0 Å². The molecule has 0 saturated heterocycles. The summed E-state index contributed by atoms with van der Waals surface area (Å²) in [5.41, 5.74) is 1.01. The standard InChI is InChI=1S/C13H13NO4/c1-3-9-11(13(15)16)12(14-18-9)8-6-4-5-7-10(8)17-2/h4-7H,3H2,1-2H3,(H,15,16). The summed E-state index contributed by atoms with van der Waals surface area (Å²) in [6, 6.07) is 7.11. The van der Waals surface area contributed by atoms with Gasteiger partial charge in [-0.15, -0.1) is 0 Å². The first kappa shape index (κ1) is 12.2. The van der Waals surface area contributed by atoms with Crippen LogP contribution < -0.4 is 4.74 Å². The fourth-order valence-electron chi connectivity index (χ4n) is 1.81. The number of hydrogen-bond donors (Lipinski definition) is 1.